The number of carbonyl (C=O) groups excluding carboxylic acids is 1. The van der Waals surface area contributed by atoms with E-state index in [9.17, 15) is 4.79 Å². The lowest BCUT2D eigenvalue weighted by Crippen LogP contribution is -2.30. The van der Waals surface area contributed by atoms with Crippen molar-refractivity contribution in [3.05, 3.63) is 71.6 Å². The third-order valence-electron chi connectivity index (χ3n) is 3.45. The predicted molar refractivity (Wildman–Crippen MR) is 89.7 cm³/mol. The molecule has 1 aliphatic heterocycles. The average Bonchev–Trinajstić information content (AvgIpc) is 2.53. The Kier molecular flexibility index (Phi) is 5.98. The number of nitrogens with zero attached hydrogens (tertiary/aromatic N) is 2. The minimum atomic E-state index is 0.587. The summed E-state index contributed by atoms with van der Waals surface area (Å²) < 4.78 is 0. The van der Waals surface area contributed by atoms with Crippen LogP contribution in [-0.2, 0) is 11.3 Å². The summed E-state index contributed by atoms with van der Waals surface area (Å²) in [5.74, 6) is 0. The van der Waals surface area contributed by atoms with Gasteiger partial charge in [0.2, 0.25) is 6.41 Å². The summed E-state index contributed by atoms with van der Waals surface area (Å²) in [4.78, 5) is 15.3. The molecule has 1 amide bonds. The van der Waals surface area contributed by atoms with Crippen LogP contribution in [0.25, 0.3) is 0 Å². The van der Waals surface area contributed by atoms with Crippen molar-refractivity contribution < 1.29 is 4.79 Å². The van der Waals surface area contributed by atoms with Crippen molar-refractivity contribution in [1.82, 2.24) is 9.80 Å². The molecule has 116 valence electrons. The van der Waals surface area contributed by atoms with Crippen molar-refractivity contribution in [1.29, 1.82) is 0 Å². The Balaban J connectivity index is 2.13. The van der Waals surface area contributed by atoms with Crippen LogP contribution in [0.15, 0.2) is 66.0 Å². The fourth-order valence-electron chi connectivity index (χ4n) is 2.40. The first-order valence-corrected chi connectivity index (χ1v) is 7.48. The lowest BCUT2D eigenvalue weighted by Gasteiger charge is -2.28. The minimum Gasteiger partial charge on any atom is -0.374 e. The third kappa shape index (κ3) is 4.60. The van der Waals surface area contributed by atoms with Gasteiger partial charge in [0.1, 0.15) is 0 Å². The predicted octanol–water partition coefficient (Wildman–Crippen LogP) is 2.26. The SMILES string of the molecule is CN1C=C(/C=C/CCN)C=C(N(C=O)Cc2ccccc2)C1. The zero-order valence-electron chi connectivity index (χ0n) is 13.0. The molecule has 0 spiro atoms. The summed E-state index contributed by atoms with van der Waals surface area (Å²) >= 11 is 0. The molecule has 4 heteroatoms. The highest BCUT2D eigenvalue weighted by Gasteiger charge is 2.14. The summed E-state index contributed by atoms with van der Waals surface area (Å²) in [7, 11) is 2.01. The molecule has 2 rings (SSSR count). The van der Waals surface area contributed by atoms with Gasteiger partial charge >= 0.3 is 0 Å². The molecule has 0 fully saturated rings. The number of allylic oxidation sites excluding steroid dienone is 3. The molecule has 22 heavy (non-hydrogen) atoms. The third-order valence-corrected chi connectivity index (χ3v) is 3.45. The van der Waals surface area contributed by atoms with Gasteiger partial charge in [0, 0.05) is 18.9 Å². The van der Waals surface area contributed by atoms with E-state index in [1.165, 1.54) is 0 Å². The van der Waals surface area contributed by atoms with Crippen LogP contribution in [0, 0.1) is 0 Å². The number of amides is 1. The Morgan fingerprint density at radius 2 is 2.09 bits per heavy atom. The lowest BCUT2D eigenvalue weighted by molar-refractivity contribution is -0.117. The molecule has 0 aliphatic carbocycles. The molecular weight excluding hydrogens is 274 g/mol. The van der Waals surface area contributed by atoms with Crippen LogP contribution in [0.2, 0.25) is 0 Å². The molecule has 2 N–H and O–H groups in total. The van der Waals surface area contributed by atoms with Gasteiger partial charge in [-0.25, -0.2) is 0 Å². The zero-order chi connectivity index (χ0) is 15.8. The maximum atomic E-state index is 11.5. The fourth-order valence-corrected chi connectivity index (χ4v) is 2.40. The van der Waals surface area contributed by atoms with E-state index in [4.69, 9.17) is 5.73 Å². The normalized spacial score (nSPS) is 14.7. The maximum absolute atomic E-state index is 11.5. The number of carbonyl (C=O) groups is 1. The molecule has 1 aromatic carbocycles. The molecule has 0 radical (unpaired) electrons. The molecule has 1 aromatic rings. The van der Waals surface area contributed by atoms with Crippen LogP contribution in [0.3, 0.4) is 0 Å². The largest absolute Gasteiger partial charge is 0.374 e. The zero-order valence-corrected chi connectivity index (χ0v) is 13.0. The average molecular weight is 297 g/mol. The highest BCUT2D eigenvalue weighted by atomic mass is 16.1. The molecule has 0 bridgehead atoms. The standard InChI is InChI=1S/C18H23N3O/c1-20-12-17(9-5-6-10-19)11-18(14-20)21(15-22)13-16-7-3-2-4-8-16/h2-5,7-9,11-12,15H,6,10,13-14,19H2,1H3/b9-5+. The van der Waals surface area contributed by atoms with Gasteiger partial charge in [0.25, 0.3) is 0 Å². The van der Waals surface area contributed by atoms with Crippen molar-refractivity contribution in [2.75, 3.05) is 20.1 Å². The molecule has 0 saturated carbocycles. The molecule has 1 heterocycles. The maximum Gasteiger partial charge on any atom is 0.214 e. The monoisotopic (exact) mass is 297 g/mol. The summed E-state index contributed by atoms with van der Waals surface area (Å²) in [6.07, 6.45) is 9.99. The molecule has 0 aromatic heterocycles. The van der Waals surface area contributed by atoms with Crippen LogP contribution < -0.4 is 5.73 Å². The number of rotatable bonds is 7. The van der Waals surface area contributed by atoms with Gasteiger partial charge in [-0.1, -0.05) is 42.5 Å². The van der Waals surface area contributed by atoms with Crippen LogP contribution in [0.5, 0.6) is 0 Å². The fraction of sp³-hybridized carbons (Fsp3) is 0.278. The highest BCUT2D eigenvalue weighted by molar-refractivity contribution is 5.53. The van der Waals surface area contributed by atoms with E-state index in [0.717, 1.165) is 36.2 Å². The first kappa shape index (κ1) is 16.0. The minimum absolute atomic E-state index is 0.587. The molecule has 1 aliphatic rings. The Morgan fingerprint density at radius 1 is 1.32 bits per heavy atom. The molecule has 0 unspecified atom stereocenters. The first-order valence-electron chi connectivity index (χ1n) is 7.48. The van der Waals surface area contributed by atoms with Gasteiger partial charge in [-0.3, -0.25) is 4.79 Å². The van der Waals surface area contributed by atoms with Gasteiger partial charge in [0.15, 0.2) is 0 Å². The second-order valence-electron chi connectivity index (χ2n) is 5.38. The quantitative estimate of drug-likeness (QED) is 0.785. The smallest absolute Gasteiger partial charge is 0.214 e. The van der Waals surface area contributed by atoms with Crippen molar-refractivity contribution in [2.24, 2.45) is 5.73 Å². The topological polar surface area (TPSA) is 49.6 Å². The van der Waals surface area contributed by atoms with Gasteiger partial charge in [-0.15, -0.1) is 0 Å². The van der Waals surface area contributed by atoms with Crippen molar-refractivity contribution in [2.45, 2.75) is 13.0 Å². The molecular formula is C18H23N3O. The molecule has 4 nitrogen and oxygen atoms in total. The summed E-state index contributed by atoms with van der Waals surface area (Å²) in [6, 6.07) is 10.0. The van der Waals surface area contributed by atoms with E-state index in [-0.39, 0.29) is 0 Å². The Labute approximate surface area is 132 Å². The number of benzene rings is 1. The number of hydrogen-bond donors (Lipinski definition) is 1. The lowest BCUT2D eigenvalue weighted by atomic mass is 10.1. The van der Waals surface area contributed by atoms with Crippen molar-refractivity contribution >= 4 is 6.41 Å². The number of likely N-dealkylation sites (N-methyl/N-ethyl adjacent to an activating group) is 1. The van der Waals surface area contributed by atoms with Crippen molar-refractivity contribution in [3.63, 3.8) is 0 Å². The van der Waals surface area contributed by atoms with Crippen LogP contribution >= 0.6 is 0 Å². The van der Waals surface area contributed by atoms with Crippen LogP contribution in [0.1, 0.15) is 12.0 Å². The molecule has 0 saturated heterocycles. The highest BCUT2D eigenvalue weighted by Crippen LogP contribution is 2.18. The van der Waals surface area contributed by atoms with E-state index in [2.05, 4.69) is 23.3 Å². The second kappa shape index (κ2) is 8.20. The van der Waals surface area contributed by atoms with E-state index < -0.39 is 0 Å². The van der Waals surface area contributed by atoms with Crippen LogP contribution in [-0.4, -0.2) is 36.3 Å². The summed E-state index contributed by atoms with van der Waals surface area (Å²) in [5.41, 5.74) is 8.70. The van der Waals surface area contributed by atoms with E-state index in [1.807, 2.05) is 43.5 Å². The number of hydrogen-bond acceptors (Lipinski definition) is 3. The first-order chi connectivity index (χ1) is 10.7. The Hall–Kier alpha value is -2.33. The van der Waals surface area contributed by atoms with Gasteiger partial charge in [-0.05, 0) is 30.2 Å². The summed E-state index contributed by atoms with van der Waals surface area (Å²) in [5, 5.41) is 0. The summed E-state index contributed by atoms with van der Waals surface area (Å²) in [6.45, 7) is 1.95. The number of nitrogens with two attached hydrogens (primary N) is 1. The van der Waals surface area contributed by atoms with Gasteiger partial charge in [-0.2, -0.15) is 0 Å². The van der Waals surface area contributed by atoms with E-state index >= 15 is 0 Å². The van der Waals surface area contributed by atoms with Gasteiger partial charge in [0.05, 0.1) is 13.1 Å². The Morgan fingerprint density at radius 3 is 2.77 bits per heavy atom. The van der Waals surface area contributed by atoms with Crippen LogP contribution in [0.4, 0.5) is 0 Å². The second-order valence-corrected chi connectivity index (χ2v) is 5.38. The Bertz CT molecular complexity index is 575. The van der Waals surface area contributed by atoms with Gasteiger partial charge < -0.3 is 15.5 Å². The van der Waals surface area contributed by atoms with Crippen molar-refractivity contribution in [3.8, 4) is 0 Å². The molecule has 0 atom stereocenters. The van der Waals surface area contributed by atoms with E-state index in [1.54, 1.807) is 4.90 Å². The van der Waals surface area contributed by atoms with E-state index in [0.29, 0.717) is 13.1 Å².